The van der Waals surface area contributed by atoms with Gasteiger partial charge in [0.2, 0.25) is 15.9 Å². The fourth-order valence-electron chi connectivity index (χ4n) is 4.80. The molecule has 8 heteroatoms. The number of ether oxygens (including phenoxy) is 2. The van der Waals surface area contributed by atoms with Gasteiger partial charge in [0.25, 0.3) is 0 Å². The van der Waals surface area contributed by atoms with Crippen LogP contribution in [0.15, 0.2) is 29.2 Å². The van der Waals surface area contributed by atoms with E-state index >= 15 is 0 Å². The predicted molar refractivity (Wildman–Crippen MR) is 131 cm³/mol. The van der Waals surface area contributed by atoms with E-state index < -0.39 is 10.0 Å². The minimum Gasteiger partial charge on any atom is -0.486 e. The molecule has 184 valence electrons. The number of hydrogen-bond acceptors (Lipinski definition) is 5. The molecule has 2 aromatic carbocycles. The second-order valence-electron chi connectivity index (χ2n) is 9.40. The molecule has 0 aromatic heterocycles. The van der Waals surface area contributed by atoms with E-state index in [4.69, 9.17) is 9.47 Å². The fraction of sp³-hybridized carbons (Fsp3) is 0.500. The molecule has 0 aliphatic carbocycles. The lowest BCUT2D eigenvalue weighted by molar-refractivity contribution is -0.126. The number of fused-ring (bicyclic) bond motifs is 1. The average molecular weight is 487 g/mol. The molecule has 0 bridgehead atoms. The summed E-state index contributed by atoms with van der Waals surface area (Å²) in [6.07, 6.45) is 1.00. The Morgan fingerprint density at radius 3 is 2.18 bits per heavy atom. The number of nitrogens with one attached hydrogen (secondary N) is 1. The predicted octanol–water partition coefficient (Wildman–Crippen LogP) is 3.97. The summed E-state index contributed by atoms with van der Waals surface area (Å²) in [5, 5.41) is 3.09. The third-order valence-electron chi connectivity index (χ3n) is 7.14. The van der Waals surface area contributed by atoms with Crippen molar-refractivity contribution in [3.63, 3.8) is 0 Å². The van der Waals surface area contributed by atoms with Crippen LogP contribution in [0.25, 0.3) is 0 Å². The van der Waals surface area contributed by atoms with Gasteiger partial charge in [-0.15, -0.1) is 0 Å². The number of carbonyl (C=O) groups is 1. The van der Waals surface area contributed by atoms with Gasteiger partial charge in [0.1, 0.15) is 13.2 Å². The molecule has 1 amide bonds. The number of benzene rings is 2. The van der Waals surface area contributed by atoms with Gasteiger partial charge in [-0.3, -0.25) is 4.79 Å². The average Bonchev–Trinajstić information content (AvgIpc) is 2.82. The molecule has 1 unspecified atom stereocenters. The molecule has 2 heterocycles. The fourth-order valence-corrected chi connectivity index (χ4v) is 6.84. The zero-order chi connectivity index (χ0) is 24.6. The summed E-state index contributed by atoms with van der Waals surface area (Å²) in [5.41, 5.74) is 4.50. The van der Waals surface area contributed by atoms with Crippen molar-refractivity contribution in [3.8, 4) is 11.5 Å². The summed E-state index contributed by atoms with van der Waals surface area (Å²) in [6, 6.07) is 7.55. The molecular weight excluding hydrogens is 452 g/mol. The zero-order valence-electron chi connectivity index (χ0n) is 20.6. The standard InChI is InChI=1S/C26H34N2O5S/c1-16-14-17(2)19(4)25(18(16)3)34(30,31)28-10-8-21(9-11-28)26(29)27-20(5)22-6-7-23-24(15-22)33-13-12-32-23/h6-7,14-15,20-21H,8-13H2,1-5H3,(H,27,29). The van der Waals surface area contributed by atoms with Crippen molar-refractivity contribution < 1.29 is 22.7 Å². The van der Waals surface area contributed by atoms with Gasteiger partial charge in [0.15, 0.2) is 11.5 Å². The molecule has 1 saturated heterocycles. The maximum Gasteiger partial charge on any atom is 0.243 e. The van der Waals surface area contributed by atoms with Crippen molar-refractivity contribution in [2.75, 3.05) is 26.3 Å². The molecule has 0 radical (unpaired) electrons. The molecule has 0 spiro atoms. The molecule has 7 nitrogen and oxygen atoms in total. The third kappa shape index (κ3) is 4.66. The largest absolute Gasteiger partial charge is 0.486 e. The Morgan fingerprint density at radius 1 is 0.971 bits per heavy atom. The highest BCUT2D eigenvalue weighted by Gasteiger charge is 2.34. The van der Waals surface area contributed by atoms with Crippen LogP contribution in [0.4, 0.5) is 0 Å². The Hall–Kier alpha value is -2.58. The van der Waals surface area contributed by atoms with Gasteiger partial charge in [-0.05, 0) is 87.4 Å². The van der Waals surface area contributed by atoms with Gasteiger partial charge < -0.3 is 14.8 Å². The number of rotatable bonds is 5. The van der Waals surface area contributed by atoms with Gasteiger partial charge in [-0.2, -0.15) is 4.31 Å². The van der Waals surface area contributed by atoms with E-state index in [-0.39, 0.29) is 17.9 Å². The number of piperidine rings is 1. The van der Waals surface area contributed by atoms with Gasteiger partial charge >= 0.3 is 0 Å². The van der Waals surface area contributed by atoms with Crippen LogP contribution < -0.4 is 14.8 Å². The van der Waals surface area contributed by atoms with Gasteiger partial charge in [-0.25, -0.2) is 8.42 Å². The lowest BCUT2D eigenvalue weighted by Crippen LogP contribution is -2.43. The molecule has 1 atom stereocenters. The van der Waals surface area contributed by atoms with Gasteiger partial charge in [0, 0.05) is 19.0 Å². The first-order valence-corrected chi connectivity index (χ1v) is 13.3. The van der Waals surface area contributed by atoms with Crippen molar-refractivity contribution in [1.82, 2.24) is 9.62 Å². The van der Waals surface area contributed by atoms with Crippen LogP contribution in [0.5, 0.6) is 11.5 Å². The first-order chi connectivity index (χ1) is 16.1. The van der Waals surface area contributed by atoms with Crippen LogP contribution in [0.1, 0.15) is 53.6 Å². The molecule has 2 aromatic rings. The summed E-state index contributed by atoms with van der Waals surface area (Å²) in [7, 11) is -3.62. The van der Waals surface area contributed by atoms with E-state index in [1.54, 1.807) is 0 Å². The molecule has 34 heavy (non-hydrogen) atoms. The highest BCUT2D eigenvalue weighted by atomic mass is 32.2. The maximum absolute atomic E-state index is 13.5. The lowest BCUT2D eigenvalue weighted by atomic mass is 9.96. The first-order valence-electron chi connectivity index (χ1n) is 11.9. The molecule has 2 aliphatic rings. The molecule has 4 rings (SSSR count). The number of carbonyl (C=O) groups excluding carboxylic acids is 1. The summed E-state index contributed by atoms with van der Waals surface area (Å²) < 4.78 is 39.7. The second-order valence-corrected chi connectivity index (χ2v) is 11.3. The van der Waals surface area contributed by atoms with Crippen LogP contribution in [0, 0.1) is 33.6 Å². The summed E-state index contributed by atoms with van der Waals surface area (Å²) in [5.74, 6) is 1.16. The number of hydrogen-bond donors (Lipinski definition) is 1. The summed E-state index contributed by atoms with van der Waals surface area (Å²) in [4.78, 5) is 13.4. The minimum absolute atomic E-state index is 0.0433. The van der Waals surface area contributed by atoms with Crippen molar-refractivity contribution in [2.45, 2.75) is 58.4 Å². The third-order valence-corrected chi connectivity index (χ3v) is 9.32. The Bertz CT molecular complexity index is 1170. The van der Waals surface area contributed by atoms with E-state index in [9.17, 15) is 13.2 Å². The maximum atomic E-state index is 13.5. The molecule has 2 aliphatic heterocycles. The molecular formula is C26H34N2O5S. The molecule has 1 N–H and O–H groups in total. The van der Waals surface area contributed by atoms with Crippen LogP contribution in [-0.4, -0.2) is 44.9 Å². The van der Waals surface area contributed by atoms with Crippen molar-refractivity contribution in [1.29, 1.82) is 0 Å². The van der Waals surface area contributed by atoms with Gasteiger partial charge in [-0.1, -0.05) is 12.1 Å². The Labute approximate surface area is 202 Å². The van der Waals surface area contributed by atoms with Crippen LogP contribution in [0.2, 0.25) is 0 Å². The summed E-state index contributed by atoms with van der Waals surface area (Å²) >= 11 is 0. The molecule has 1 fully saturated rings. The Morgan fingerprint density at radius 2 is 1.56 bits per heavy atom. The van der Waals surface area contributed by atoms with E-state index in [1.165, 1.54) is 4.31 Å². The second kappa shape index (κ2) is 9.58. The van der Waals surface area contributed by atoms with Crippen LogP contribution in [-0.2, 0) is 14.8 Å². The lowest BCUT2D eigenvalue weighted by Gasteiger charge is -2.32. The van der Waals surface area contributed by atoms with Gasteiger partial charge in [0.05, 0.1) is 10.9 Å². The van der Waals surface area contributed by atoms with Crippen molar-refractivity contribution in [2.24, 2.45) is 5.92 Å². The first kappa shape index (κ1) is 24.5. The topological polar surface area (TPSA) is 84.9 Å². The normalized spacial score (nSPS) is 17.9. The smallest absolute Gasteiger partial charge is 0.243 e. The number of aryl methyl sites for hydroxylation is 2. The van der Waals surface area contributed by atoms with E-state index in [0.717, 1.165) is 33.6 Å². The summed E-state index contributed by atoms with van der Waals surface area (Å²) in [6.45, 7) is 11.3. The number of sulfonamides is 1. The van der Waals surface area contributed by atoms with E-state index in [2.05, 4.69) is 5.32 Å². The van der Waals surface area contributed by atoms with Crippen molar-refractivity contribution >= 4 is 15.9 Å². The zero-order valence-corrected chi connectivity index (χ0v) is 21.4. The quantitative estimate of drug-likeness (QED) is 0.691. The van der Waals surface area contributed by atoms with E-state index in [0.29, 0.717) is 49.8 Å². The highest BCUT2D eigenvalue weighted by Crippen LogP contribution is 2.34. The minimum atomic E-state index is -3.62. The molecule has 0 saturated carbocycles. The van der Waals surface area contributed by atoms with Crippen LogP contribution in [0.3, 0.4) is 0 Å². The van der Waals surface area contributed by atoms with E-state index in [1.807, 2.05) is 58.9 Å². The number of nitrogens with zero attached hydrogens (tertiary/aromatic N) is 1. The highest BCUT2D eigenvalue weighted by molar-refractivity contribution is 7.89. The van der Waals surface area contributed by atoms with Crippen molar-refractivity contribution in [3.05, 3.63) is 52.1 Å². The number of amides is 1. The monoisotopic (exact) mass is 486 g/mol. The Kier molecular flexibility index (Phi) is 6.92. The Balaban J connectivity index is 1.40. The SMILES string of the molecule is Cc1cc(C)c(C)c(S(=O)(=O)N2CCC(C(=O)NC(C)c3ccc4c(c3)OCCO4)CC2)c1C. The van der Waals surface area contributed by atoms with Crippen LogP contribution >= 0.6 is 0 Å².